The van der Waals surface area contributed by atoms with Crippen LogP contribution in [0.4, 0.5) is 0 Å². The highest BCUT2D eigenvalue weighted by Crippen LogP contribution is 2.36. The van der Waals surface area contributed by atoms with E-state index >= 15 is 0 Å². The Labute approximate surface area is 170 Å². The van der Waals surface area contributed by atoms with Crippen molar-refractivity contribution in [2.24, 2.45) is 5.41 Å². The van der Waals surface area contributed by atoms with Gasteiger partial charge in [0.15, 0.2) is 6.29 Å². The average Bonchev–Trinajstić information content (AvgIpc) is 3.05. The molecule has 2 aromatic heterocycles. The summed E-state index contributed by atoms with van der Waals surface area (Å²) in [6.45, 7) is 7.20. The summed E-state index contributed by atoms with van der Waals surface area (Å²) in [6.07, 6.45) is 0.751. The predicted molar refractivity (Wildman–Crippen MR) is 112 cm³/mol. The Kier molecular flexibility index (Phi) is 4.63. The van der Waals surface area contributed by atoms with Crippen molar-refractivity contribution in [2.75, 3.05) is 0 Å². The Morgan fingerprint density at radius 1 is 1.18 bits per heavy atom. The highest BCUT2D eigenvalue weighted by Gasteiger charge is 2.18. The second kappa shape index (κ2) is 6.98. The molecule has 0 saturated carbocycles. The fraction of sp³-hybridized carbons (Fsp3) is 0.238. The van der Waals surface area contributed by atoms with E-state index in [-0.39, 0.29) is 11.3 Å². The van der Waals surface area contributed by atoms with Crippen LogP contribution in [0.5, 0.6) is 11.6 Å². The molecule has 2 heterocycles. The molecule has 0 aliphatic heterocycles. The van der Waals surface area contributed by atoms with Gasteiger partial charge in [0, 0.05) is 11.9 Å². The van der Waals surface area contributed by atoms with Gasteiger partial charge in [0.1, 0.15) is 11.3 Å². The molecule has 142 valence electrons. The Balaban J connectivity index is 1.75. The fourth-order valence-corrected chi connectivity index (χ4v) is 3.51. The van der Waals surface area contributed by atoms with Crippen LogP contribution < -0.4 is 4.74 Å². The summed E-state index contributed by atoms with van der Waals surface area (Å²) in [5, 5.41) is 9.45. The third kappa shape index (κ3) is 3.49. The molecule has 0 atom stereocenters. The normalized spacial score (nSPS) is 11.9. The van der Waals surface area contributed by atoms with Gasteiger partial charge in [-0.05, 0) is 45.6 Å². The van der Waals surface area contributed by atoms with Gasteiger partial charge < -0.3 is 4.74 Å². The molecule has 4 rings (SSSR count). The molecule has 7 heteroatoms. The van der Waals surface area contributed by atoms with Crippen molar-refractivity contribution in [3.05, 3.63) is 52.5 Å². The van der Waals surface area contributed by atoms with Gasteiger partial charge in [-0.2, -0.15) is 0 Å². The first kappa shape index (κ1) is 18.6. The van der Waals surface area contributed by atoms with Gasteiger partial charge in [0.25, 0.3) is 0 Å². The Hall–Kier alpha value is -2.80. The third-order valence-electron chi connectivity index (χ3n) is 4.26. The van der Waals surface area contributed by atoms with Crippen LogP contribution in [0.25, 0.3) is 21.9 Å². The summed E-state index contributed by atoms with van der Waals surface area (Å²) in [4.78, 5) is 16.0. The van der Waals surface area contributed by atoms with Crippen molar-refractivity contribution in [1.82, 2.24) is 20.0 Å². The second-order valence-corrected chi connectivity index (χ2v) is 8.64. The lowest BCUT2D eigenvalue weighted by molar-refractivity contribution is 0.112. The van der Waals surface area contributed by atoms with Crippen molar-refractivity contribution in [1.29, 1.82) is 0 Å². The zero-order valence-corrected chi connectivity index (χ0v) is 17.4. The molecule has 0 N–H and O–H groups in total. The number of carbonyl (C=O) groups is 1. The summed E-state index contributed by atoms with van der Waals surface area (Å²) in [7, 11) is 0. The summed E-state index contributed by atoms with van der Waals surface area (Å²) in [6, 6.07) is 13.1. The number of fused-ring (bicyclic) bond motifs is 2. The maximum absolute atomic E-state index is 11.5. The summed E-state index contributed by atoms with van der Waals surface area (Å²) in [5.41, 5.74) is 2.85. The van der Waals surface area contributed by atoms with Crippen LogP contribution in [0.1, 0.15) is 31.1 Å². The van der Waals surface area contributed by atoms with E-state index in [1.54, 1.807) is 6.07 Å². The Morgan fingerprint density at radius 2 is 1.96 bits per heavy atom. The maximum atomic E-state index is 11.5. The van der Waals surface area contributed by atoms with Gasteiger partial charge in [0.2, 0.25) is 5.88 Å². The molecule has 0 aliphatic rings. The van der Waals surface area contributed by atoms with E-state index in [9.17, 15) is 4.79 Å². The van der Waals surface area contributed by atoms with E-state index in [2.05, 4.69) is 52.0 Å². The van der Waals surface area contributed by atoms with E-state index in [0.717, 1.165) is 29.3 Å². The zero-order chi connectivity index (χ0) is 19.9. The van der Waals surface area contributed by atoms with Gasteiger partial charge in [0.05, 0.1) is 21.1 Å². The van der Waals surface area contributed by atoms with Crippen molar-refractivity contribution in [2.45, 2.75) is 27.3 Å². The lowest BCUT2D eigenvalue weighted by Crippen LogP contribution is -2.16. The van der Waals surface area contributed by atoms with E-state index in [1.165, 1.54) is 0 Å². The Morgan fingerprint density at radius 3 is 2.71 bits per heavy atom. The quantitative estimate of drug-likeness (QED) is 0.399. The lowest BCUT2D eigenvalue weighted by Gasteiger charge is -2.18. The van der Waals surface area contributed by atoms with E-state index in [0.29, 0.717) is 21.3 Å². The first-order valence-electron chi connectivity index (χ1n) is 8.90. The summed E-state index contributed by atoms with van der Waals surface area (Å²) >= 11 is 3.57. The van der Waals surface area contributed by atoms with Crippen molar-refractivity contribution in [3.8, 4) is 11.6 Å². The van der Waals surface area contributed by atoms with Crippen LogP contribution in [0.2, 0.25) is 0 Å². The van der Waals surface area contributed by atoms with Crippen LogP contribution in [0.15, 0.2) is 46.9 Å². The molecular weight excluding hydrogens is 420 g/mol. The molecule has 0 radical (unpaired) electrons. The number of hydrogen-bond donors (Lipinski definition) is 0. The Bertz CT molecular complexity index is 1190. The largest absolute Gasteiger partial charge is 0.437 e. The van der Waals surface area contributed by atoms with Gasteiger partial charge >= 0.3 is 0 Å². The monoisotopic (exact) mass is 438 g/mol. The average molecular weight is 439 g/mol. The smallest absolute Gasteiger partial charge is 0.230 e. The predicted octanol–water partition coefficient (Wildman–Crippen LogP) is 5.39. The van der Waals surface area contributed by atoms with Crippen molar-refractivity contribution < 1.29 is 9.53 Å². The van der Waals surface area contributed by atoms with Crippen LogP contribution in [0, 0.1) is 5.41 Å². The number of hydrogen-bond acceptors (Lipinski definition) is 5. The SMILES string of the molecule is CC(C)(C)Cn1nnc2c(Br)c(Oc3nc4ccccc4cc3C=O)ccc21. The number of carbonyl (C=O) groups excluding carboxylic acids is 1. The molecule has 0 bridgehead atoms. The van der Waals surface area contributed by atoms with Crippen LogP contribution in [-0.4, -0.2) is 26.3 Å². The molecule has 4 aromatic rings. The van der Waals surface area contributed by atoms with E-state index < -0.39 is 0 Å². The summed E-state index contributed by atoms with van der Waals surface area (Å²) in [5.74, 6) is 0.789. The molecule has 28 heavy (non-hydrogen) atoms. The molecule has 0 fully saturated rings. The fourth-order valence-electron chi connectivity index (χ4n) is 3.02. The number of aldehydes is 1. The second-order valence-electron chi connectivity index (χ2n) is 7.85. The molecule has 6 nitrogen and oxygen atoms in total. The molecule has 0 amide bonds. The standard InChI is InChI=1S/C21H19BrN4O2/c1-21(2,3)12-26-16-8-9-17(18(22)19(16)24-25-26)28-20-14(11-27)10-13-6-4-5-7-15(13)23-20/h4-11H,12H2,1-3H3. The molecule has 0 saturated heterocycles. The lowest BCUT2D eigenvalue weighted by atomic mass is 9.97. The number of para-hydroxylation sites is 1. The van der Waals surface area contributed by atoms with Gasteiger partial charge in [-0.1, -0.05) is 44.2 Å². The minimum atomic E-state index is 0.0795. The summed E-state index contributed by atoms with van der Waals surface area (Å²) < 4.78 is 8.55. The highest BCUT2D eigenvalue weighted by atomic mass is 79.9. The number of pyridine rings is 1. The van der Waals surface area contributed by atoms with Crippen LogP contribution in [-0.2, 0) is 6.54 Å². The topological polar surface area (TPSA) is 69.9 Å². The maximum Gasteiger partial charge on any atom is 0.230 e. The first-order valence-corrected chi connectivity index (χ1v) is 9.69. The van der Waals surface area contributed by atoms with E-state index in [4.69, 9.17) is 4.74 Å². The molecule has 0 spiro atoms. The highest BCUT2D eigenvalue weighted by molar-refractivity contribution is 9.10. The van der Waals surface area contributed by atoms with Gasteiger partial charge in [-0.15, -0.1) is 5.10 Å². The number of halogens is 1. The number of ether oxygens (including phenoxy) is 1. The number of benzene rings is 2. The van der Waals surface area contributed by atoms with Gasteiger partial charge in [-0.3, -0.25) is 4.79 Å². The number of nitrogens with zero attached hydrogens (tertiary/aromatic N) is 4. The minimum Gasteiger partial charge on any atom is -0.437 e. The van der Waals surface area contributed by atoms with Gasteiger partial charge in [-0.25, -0.2) is 9.67 Å². The van der Waals surface area contributed by atoms with Crippen molar-refractivity contribution >= 4 is 44.2 Å². The van der Waals surface area contributed by atoms with Crippen LogP contribution in [0.3, 0.4) is 0 Å². The van der Waals surface area contributed by atoms with Crippen molar-refractivity contribution in [3.63, 3.8) is 0 Å². The molecule has 2 aromatic carbocycles. The molecule has 0 unspecified atom stereocenters. The zero-order valence-electron chi connectivity index (χ0n) is 15.8. The number of aromatic nitrogens is 4. The minimum absolute atomic E-state index is 0.0795. The third-order valence-corrected chi connectivity index (χ3v) is 5.03. The molecular formula is C21H19BrN4O2. The first-order chi connectivity index (χ1) is 13.4. The number of rotatable bonds is 4. The molecule has 0 aliphatic carbocycles. The van der Waals surface area contributed by atoms with E-state index in [1.807, 2.05) is 41.1 Å². The van der Waals surface area contributed by atoms with Crippen LogP contribution >= 0.6 is 15.9 Å².